The van der Waals surface area contributed by atoms with Gasteiger partial charge in [-0.2, -0.15) is 11.8 Å². The summed E-state index contributed by atoms with van der Waals surface area (Å²) in [5.41, 5.74) is 0. The molecule has 19 heavy (non-hydrogen) atoms. The minimum atomic E-state index is -3.54. The Morgan fingerprint density at radius 2 is 1.95 bits per heavy atom. The minimum absolute atomic E-state index is 0.0322. The first-order chi connectivity index (χ1) is 9.08. The Kier molecular flexibility index (Phi) is 5.40. The Morgan fingerprint density at radius 1 is 1.32 bits per heavy atom. The van der Waals surface area contributed by atoms with Crippen LogP contribution < -0.4 is 4.72 Å². The Bertz CT molecular complexity index is 503. The summed E-state index contributed by atoms with van der Waals surface area (Å²) in [5, 5.41) is 0.0322. The van der Waals surface area contributed by atoms with Crippen molar-refractivity contribution >= 4 is 33.4 Å². The Morgan fingerprint density at radius 3 is 2.58 bits per heavy atom. The van der Waals surface area contributed by atoms with E-state index in [4.69, 9.17) is 11.6 Å². The van der Waals surface area contributed by atoms with Gasteiger partial charge in [0, 0.05) is 37.7 Å². The molecule has 0 atom stereocenters. The number of hydrogen-bond acceptors (Lipinski definition) is 6. The summed E-state index contributed by atoms with van der Waals surface area (Å²) in [6.45, 7) is 3.12. The summed E-state index contributed by atoms with van der Waals surface area (Å²) in [4.78, 5) is 9.61. The molecule has 1 fully saturated rings. The molecule has 0 aromatic carbocycles. The smallest absolute Gasteiger partial charge is 0.243 e. The van der Waals surface area contributed by atoms with E-state index < -0.39 is 10.0 Å². The maximum absolute atomic E-state index is 11.9. The van der Waals surface area contributed by atoms with Crippen LogP contribution in [0.2, 0.25) is 5.28 Å². The number of sulfonamides is 1. The maximum Gasteiger partial charge on any atom is 0.243 e. The van der Waals surface area contributed by atoms with Gasteiger partial charge in [-0.3, -0.25) is 0 Å². The highest BCUT2D eigenvalue weighted by Gasteiger charge is 2.16. The topological polar surface area (TPSA) is 75.2 Å². The molecule has 1 aromatic rings. The molecule has 106 valence electrons. The lowest BCUT2D eigenvalue weighted by Crippen LogP contribution is -2.39. The van der Waals surface area contributed by atoms with Crippen molar-refractivity contribution in [2.75, 3.05) is 37.7 Å². The summed E-state index contributed by atoms with van der Waals surface area (Å²) in [6, 6.07) is 0. The third-order valence-electron chi connectivity index (χ3n) is 2.73. The van der Waals surface area contributed by atoms with Crippen LogP contribution in [-0.2, 0) is 10.0 Å². The van der Waals surface area contributed by atoms with E-state index in [0.29, 0.717) is 13.1 Å². The van der Waals surface area contributed by atoms with Crippen LogP contribution in [0.5, 0.6) is 0 Å². The summed E-state index contributed by atoms with van der Waals surface area (Å²) in [7, 11) is -3.54. The van der Waals surface area contributed by atoms with Crippen LogP contribution in [-0.4, -0.2) is 61.0 Å². The van der Waals surface area contributed by atoms with Crippen molar-refractivity contribution in [3.05, 3.63) is 17.7 Å². The minimum Gasteiger partial charge on any atom is -0.300 e. The van der Waals surface area contributed by atoms with Crippen LogP contribution in [0.1, 0.15) is 0 Å². The molecule has 1 aliphatic rings. The number of aromatic nitrogens is 2. The van der Waals surface area contributed by atoms with Gasteiger partial charge in [-0.25, -0.2) is 23.1 Å². The lowest BCUT2D eigenvalue weighted by Gasteiger charge is -2.25. The third kappa shape index (κ3) is 4.57. The fourth-order valence-electron chi connectivity index (χ4n) is 1.69. The van der Waals surface area contributed by atoms with E-state index in [9.17, 15) is 8.42 Å². The predicted octanol–water partition coefficient (Wildman–Crippen LogP) is 0.457. The van der Waals surface area contributed by atoms with Gasteiger partial charge in [0.15, 0.2) is 0 Å². The van der Waals surface area contributed by atoms with Gasteiger partial charge in [0.2, 0.25) is 15.3 Å². The highest BCUT2D eigenvalue weighted by molar-refractivity contribution is 7.99. The summed E-state index contributed by atoms with van der Waals surface area (Å²) < 4.78 is 26.4. The van der Waals surface area contributed by atoms with Crippen molar-refractivity contribution in [2.24, 2.45) is 0 Å². The first kappa shape index (κ1) is 15.0. The Hall–Kier alpha value is -0.410. The van der Waals surface area contributed by atoms with Gasteiger partial charge in [-0.05, 0) is 11.6 Å². The molecule has 1 saturated heterocycles. The van der Waals surface area contributed by atoms with Gasteiger partial charge < -0.3 is 4.90 Å². The van der Waals surface area contributed by atoms with Crippen molar-refractivity contribution in [2.45, 2.75) is 4.90 Å². The highest BCUT2D eigenvalue weighted by atomic mass is 35.5. The summed E-state index contributed by atoms with van der Waals surface area (Å²) >= 11 is 7.45. The second-order valence-electron chi connectivity index (χ2n) is 4.04. The molecule has 1 aromatic heterocycles. The molecule has 0 saturated carbocycles. The molecular weight excluding hydrogens is 308 g/mol. The van der Waals surface area contributed by atoms with E-state index >= 15 is 0 Å². The summed E-state index contributed by atoms with van der Waals surface area (Å²) in [5.74, 6) is 2.22. The van der Waals surface area contributed by atoms with Gasteiger partial charge in [0.1, 0.15) is 4.90 Å². The highest BCUT2D eigenvalue weighted by Crippen LogP contribution is 2.09. The van der Waals surface area contributed by atoms with E-state index in [-0.39, 0.29) is 10.2 Å². The maximum atomic E-state index is 11.9. The monoisotopic (exact) mass is 322 g/mol. The third-order valence-corrected chi connectivity index (χ3v) is 5.28. The fourth-order valence-corrected chi connectivity index (χ4v) is 3.67. The van der Waals surface area contributed by atoms with Gasteiger partial charge in [0.25, 0.3) is 0 Å². The van der Waals surface area contributed by atoms with Gasteiger partial charge in [-0.1, -0.05) is 0 Å². The molecule has 2 rings (SSSR count). The number of rotatable bonds is 5. The van der Waals surface area contributed by atoms with Crippen molar-refractivity contribution in [1.82, 2.24) is 19.6 Å². The summed E-state index contributed by atoms with van der Waals surface area (Å²) in [6.07, 6.45) is 2.41. The Labute approximate surface area is 122 Å². The second kappa shape index (κ2) is 6.85. The predicted molar refractivity (Wildman–Crippen MR) is 76.0 cm³/mol. The van der Waals surface area contributed by atoms with Gasteiger partial charge in [-0.15, -0.1) is 0 Å². The number of nitrogens with one attached hydrogen (secondary N) is 1. The van der Waals surface area contributed by atoms with Crippen molar-refractivity contribution in [1.29, 1.82) is 0 Å². The molecule has 0 amide bonds. The molecule has 1 aliphatic heterocycles. The van der Waals surface area contributed by atoms with Crippen LogP contribution in [0.15, 0.2) is 17.3 Å². The zero-order chi connectivity index (χ0) is 13.7. The quantitative estimate of drug-likeness (QED) is 0.794. The Balaban J connectivity index is 1.85. The number of thioether (sulfide) groups is 1. The van der Waals surface area contributed by atoms with Crippen LogP contribution in [0.4, 0.5) is 0 Å². The first-order valence-corrected chi connectivity index (χ1v) is 8.87. The first-order valence-electron chi connectivity index (χ1n) is 5.85. The van der Waals surface area contributed by atoms with Gasteiger partial charge in [0.05, 0.1) is 12.4 Å². The van der Waals surface area contributed by atoms with Crippen LogP contribution in [0.3, 0.4) is 0 Å². The van der Waals surface area contributed by atoms with Crippen LogP contribution >= 0.6 is 23.4 Å². The molecule has 1 N–H and O–H groups in total. The average Bonchev–Trinajstić information content (AvgIpc) is 2.40. The average molecular weight is 323 g/mol. The normalized spacial score (nSPS) is 17.5. The van der Waals surface area contributed by atoms with E-state index in [1.807, 2.05) is 11.8 Å². The van der Waals surface area contributed by atoms with Crippen LogP contribution in [0.25, 0.3) is 0 Å². The molecule has 0 unspecified atom stereocenters. The zero-order valence-electron chi connectivity index (χ0n) is 10.2. The molecule has 9 heteroatoms. The van der Waals surface area contributed by atoms with E-state index in [1.165, 1.54) is 12.4 Å². The molecule has 2 heterocycles. The molecular formula is C10H15ClN4O2S2. The fraction of sp³-hybridized carbons (Fsp3) is 0.600. The van der Waals surface area contributed by atoms with Gasteiger partial charge >= 0.3 is 0 Å². The SMILES string of the molecule is O=S(=O)(NCCN1CCSCC1)c1cnc(Cl)nc1. The molecule has 6 nitrogen and oxygen atoms in total. The molecule has 0 radical (unpaired) electrons. The molecule has 0 spiro atoms. The molecule has 0 bridgehead atoms. The van der Waals surface area contributed by atoms with Crippen molar-refractivity contribution < 1.29 is 8.42 Å². The number of nitrogens with zero attached hydrogens (tertiary/aromatic N) is 3. The van der Waals surface area contributed by atoms with Crippen molar-refractivity contribution in [3.8, 4) is 0 Å². The largest absolute Gasteiger partial charge is 0.300 e. The second-order valence-corrected chi connectivity index (χ2v) is 7.37. The van der Waals surface area contributed by atoms with E-state index in [0.717, 1.165) is 24.6 Å². The zero-order valence-corrected chi connectivity index (χ0v) is 12.6. The number of hydrogen-bond donors (Lipinski definition) is 1. The van der Waals surface area contributed by atoms with Crippen LogP contribution in [0, 0.1) is 0 Å². The lowest BCUT2D eigenvalue weighted by atomic mass is 10.5. The molecule has 0 aliphatic carbocycles. The standard InChI is InChI=1S/C10H15ClN4O2S2/c11-10-12-7-9(8-13-10)19(16,17)14-1-2-15-3-5-18-6-4-15/h7-8,14H,1-6H2. The van der Waals surface area contributed by atoms with E-state index in [1.54, 1.807) is 0 Å². The van der Waals surface area contributed by atoms with Crippen molar-refractivity contribution in [3.63, 3.8) is 0 Å². The lowest BCUT2D eigenvalue weighted by molar-refractivity contribution is 0.307. The van der Waals surface area contributed by atoms with E-state index in [2.05, 4.69) is 19.6 Å². The number of halogens is 1.